The highest BCUT2D eigenvalue weighted by Crippen LogP contribution is 2.57. The van der Waals surface area contributed by atoms with E-state index >= 15 is 0 Å². The van der Waals surface area contributed by atoms with Crippen molar-refractivity contribution in [3.8, 4) is 11.8 Å². The Morgan fingerprint density at radius 3 is 2.70 bits per heavy atom. The van der Waals surface area contributed by atoms with Crippen LogP contribution in [-0.2, 0) is 6.98 Å². The van der Waals surface area contributed by atoms with Gasteiger partial charge >= 0.3 is 11.9 Å². The molecule has 0 spiro atoms. The van der Waals surface area contributed by atoms with E-state index in [4.69, 9.17) is 4.11 Å². The minimum Gasteiger partial charge on any atom is -0.320 e. The number of halogens is 6. The van der Waals surface area contributed by atoms with Crippen molar-refractivity contribution in [2.75, 3.05) is 11.4 Å². The van der Waals surface area contributed by atoms with Gasteiger partial charge in [-0.15, -0.1) is 0 Å². The zero-order valence-electron chi connectivity index (χ0n) is 19.6. The number of anilines is 2. The summed E-state index contributed by atoms with van der Waals surface area (Å²) >= 11 is 0. The van der Waals surface area contributed by atoms with Crippen LogP contribution in [0.3, 0.4) is 0 Å². The predicted molar refractivity (Wildman–Crippen MR) is 109 cm³/mol. The molecular formula is C22H16F6N4O. The lowest BCUT2D eigenvalue weighted by Gasteiger charge is -2.25. The fourth-order valence-electron chi connectivity index (χ4n) is 3.31. The van der Waals surface area contributed by atoms with Crippen LogP contribution in [0.4, 0.5) is 37.8 Å². The highest BCUT2D eigenvalue weighted by Gasteiger charge is 2.62. The maximum absolute atomic E-state index is 14.9. The topological polar surface area (TPSA) is 51.0 Å². The van der Waals surface area contributed by atoms with Crippen LogP contribution in [0.5, 0.6) is 0 Å². The molecule has 0 amide bonds. The average Bonchev–Trinajstić information content (AvgIpc) is 3.56. The third-order valence-corrected chi connectivity index (χ3v) is 5.20. The smallest absolute Gasteiger partial charge is 0.320 e. The minimum atomic E-state index is -4.54. The molecule has 2 aromatic heterocycles. The zero-order valence-corrected chi connectivity index (χ0v) is 16.6. The lowest BCUT2D eigenvalue weighted by molar-refractivity contribution is -0.168. The predicted octanol–water partition coefficient (Wildman–Crippen LogP) is 4.56. The van der Waals surface area contributed by atoms with E-state index in [1.165, 1.54) is 6.07 Å². The van der Waals surface area contributed by atoms with E-state index in [1.54, 1.807) is 0 Å². The molecule has 1 saturated carbocycles. The summed E-state index contributed by atoms with van der Waals surface area (Å²) in [6, 6.07) is 5.53. The first-order chi connectivity index (χ1) is 16.7. The van der Waals surface area contributed by atoms with Crippen LogP contribution in [0.2, 0.25) is 0 Å². The van der Waals surface area contributed by atoms with Crippen LogP contribution in [-0.4, -0.2) is 33.7 Å². The molecule has 33 heavy (non-hydrogen) atoms. The van der Waals surface area contributed by atoms with Gasteiger partial charge in [0, 0.05) is 23.0 Å². The summed E-state index contributed by atoms with van der Waals surface area (Å²) in [4.78, 5) is 20.9. The molecule has 4 rings (SSSR count). The first-order valence-electron chi connectivity index (χ1n) is 11.1. The minimum absolute atomic E-state index is 0.116. The van der Waals surface area contributed by atoms with Crippen molar-refractivity contribution >= 4 is 22.4 Å². The largest absolute Gasteiger partial charge is 0.405 e. The number of aryl methyl sites for hydroxylation is 1. The van der Waals surface area contributed by atoms with Gasteiger partial charge in [0.25, 0.3) is 6.43 Å². The van der Waals surface area contributed by atoms with Crippen molar-refractivity contribution in [3.63, 3.8) is 0 Å². The maximum atomic E-state index is 14.9. The number of alkyl halides is 5. The molecule has 0 radical (unpaired) electrons. The molecule has 0 aliphatic heterocycles. The van der Waals surface area contributed by atoms with Crippen molar-refractivity contribution in [2.45, 2.75) is 25.4 Å². The van der Waals surface area contributed by atoms with Crippen LogP contribution >= 0.6 is 0 Å². The van der Waals surface area contributed by atoms with Gasteiger partial charge in [-0.2, -0.15) is 18.2 Å². The lowest BCUT2D eigenvalue weighted by Crippen LogP contribution is -2.30. The Morgan fingerprint density at radius 2 is 2.06 bits per heavy atom. The number of hydrogen-bond donors (Lipinski definition) is 0. The van der Waals surface area contributed by atoms with Crippen LogP contribution < -0.4 is 10.6 Å². The molecule has 1 aromatic carbocycles. The summed E-state index contributed by atoms with van der Waals surface area (Å²) in [6.45, 7) is -4.14. The first-order valence-corrected chi connectivity index (χ1v) is 9.57. The SMILES string of the molecule is [2H]C([2H])([2H])n1c(=O)nc(N(CC(F)F)c2ccnc(C#CC3(C(F)(F)F)CC3)c2)c2c(F)cccc21. The molecule has 0 unspecified atom stereocenters. The average molecular weight is 469 g/mol. The quantitative estimate of drug-likeness (QED) is 0.415. The second-order valence-electron chi connectivity index (χ2n) is 7.42. The number of nitrogens with zero attached hydrogens (tertiary/aromatic N) is 4. The Bertz CT molecular complexity index is 1440. The first kappa shape index (κ1) is 19.0. The van der Waals surface area contributed by atoms with Gasteiger partial charge < -0.3 is 4.90 Å². The van der Waals surface area contributed by atoms with E-state index in [2.05, 4.69) is 21.8 Å². The summed E-state index contributed by atoms with van der Waals surface area (Å²) in [7, 11) is 0. The Morgan fingerprint density at radius 1 is 1.30 bits per heavy atom. The normalized spacial score (nSPS) is 16.5. The highest BCUT2D eigenvalue weighted by molar-refractivity contribution is 5.92. The monoisotopic (exact) mass is 469 g/mol. The van der Waals surface area contributed by atoms with Gasteiger partial charge in [0.1, 0.15) is 16.9 Å². The van der Waals surface area contributed by atoms with Gasteiger partial charge in [-0.3, -0.25) is 4.57 Å². The van der Waals surface area contributed by atoms with E-state index in [0.717, 1.165) is 35.4 Å². The molecule has 5 nitrogen and oxygen atoms in total. The fraction of sp³-hybridized carbons (Fsp3) is 0.318. The zero-order chi connectivity index (χ0) is 26.5. The van der Waals surface area contributed by atoms with Gasteiger partial charge in [0.2, 0.25) is 0 Å². The Hall–Kier alpha value is -3.55. The lowest BCUT2D eigenvalue weighted by atomic mass is 10.1. The molecule has 1 fully saturated rings. The number of hydrogen-bond acceptors (Lipinski definition) is 4. The van der Waals surface area contributed by atoms with Crippen LogP contribution in [0.25, 0.3) is 10.9 Å². The van der Waals surface area contributed by atoms with Gasteiger partial charge in [-0.1, -0.05) is 12.0 Å². The van der Waals surface area contributed by atoms with Crippen LogP contribution in [0.15, 0.2) is 41.3 Å². The standard InChI is InChI=1S/C22H16F6N4O/c1-31-16-4-2-3-15(23)18(16)19(30-20(31)33)32(12-17(24)25)14-6-10-29-13(11-14)5-7-21(8-9-21)22(26,27)28/h2-4,6,10-11,17H,8-9,12H2,1H3/i1D3. The van der Waals surface area contributed by atoms with Gasteiger partial charge in [0.15, 0.2) is 5.82 Å². The number of fused-ring (bicyclic) bond motifs is 1. The molecule has 0 N–H and O–H groups in total. The van der Waals surface area contributed by atoms with Crippen molar-refractivity contribution in [1.82, 2.24) is 14.5 Å². The van der Waals surface area contributed by atoms with E-state index in [-0.39, 0.29) is 28.8 Å². The van der Waals surface area contributed by atoms with Gasteiger partial charge in [-0.25, -0.2) is 22.9 Å². The van der Waals surface area contributed by atoms with Gasteiger partial charge in [0.05, 0.1) is 17.4 Å². The molecule has 2 heterocycles. The number of benzene rings is 1. The molecule has 0 saturated heterocycles. The Kier molecular flexibility index (Phi) is 4.65. The molecule has 0 atom stereocenters. The molecule has 1 aliphatic carbocycles. The van der Waals surface area contributed by atoms with Crippen LogP contribution in [0, 0.1) is 23.1 Å². The van der Waals surface area contributed by atoms with Crippen molar-refractivity contribution in [1.29, 1.82) is 0 Å². The van der Waals surface area contributed by atoms with E-state index in [0.29, 0.717) is 0 Å². The fourth-order valence-corrected chi connectivity index (χ4v) is 3.31. The summed E-state index contributed by atoms with van der Waals surface area (Å²) in [5.41, 5.74) is -4.18. The Labute approximate surface area is 187 Å². The summed E-state index contributed by atoms with van der Waals surface area (Å²) < 4.78 is 105. The van der Waals surface area contributed by atoms with E-state index in [1.807, 2.05) is 0 Å². The molecular weight excluding hydrogens is 450 g/mol. The number of aromatic nitrogens is 3. The molecule has 1 aliphatic rings. The molecule has 3 aromatic rings. The van der Waals surface area contributed by atoms with Gasteiger partial charge in [-0.05, 0) is 43.0 Å². The third kappa shape index (κ3) is 4.25. The third-order valence-electron chi connectivity index (χ3n) is 5.20. The van der Waals surface area contributed by atoms with Crippen molar-refractivity contribution in [2.24, 2.45) is 12.4 Å². The van der Waals surface area contributed by atoms with E-state index < -0.39 is 59.8 Å². The van der Waals surface area contributed by atoms with E-state index in [9.17, 15) is 31.1 Å². The summed E-state index contributed by atoms with van der Waals surface area (Å²) in [5.74, 6) is 2.85. The highest BCUT2D eigenvalue weighted by atomic mass is 19.4. The number of pyridine rings is 1. The molecule has 11 heteroatoms. The second-order valence-corrected chi connectivity index (χ2v) is 7.42. The van der Waals surface area contributed by atoms with Crippen molar-refractivity contribution in [3.05, 3.63) is 58.5 Å². The molecule has 0 bridgehead atoms. The summed E-state index contributed by atoms with van der Waals surface area (Å²) in [5, 5.41) is -0.507. The summed E-state index contributed by atoms with van der Waals surface area (Å²) in [6.07, 6.45) is -6.80. The second kappa shape index (κ2) is 8.10. The van der Waals surface area contributed by atoms with Crippen molar-refractivity contribution < 1.29 is 30.5 Å². The number of rotatable bonds is 4. The maximum Gasteiger partial charge on any atom is 0.405 e. The van der Waals surface area contributed by atoms with Crippen LogP contribution in [0.1, 0.15) is 22.6 Å². The Balaban J connectivity index is 1.89. The molecule has 172 valence electrons.